The fraction of sp³-hybridized carbons (Fsp3) is 0.154. The summed E-state index contributed by atoms with van der Waals surface area (Å²) in [5.41, 5.74) is 13.8. The third-order valence-electron chi connectivity index (χ3n) is 12.3. The largest absolute Gasteiger partial charge is 0.468 e. The van der Waals surface area contributed by atoms with Gasteiger partial charge in [0, 0.05) is 38.9 Å². The standard InChI is InChI=1S/C52H42BF2N3O/c1-51(2,3)37-27-31(54)23-25-41(37)57-43-20-14-21-44-48(43)53(39-29-36-34-17-10-12-19-40(34)56(45(36)30-46(39)57)33-15-8-7-9-16-33)50-49(35-18-11-13-22-47(35)59-50)58(44)42-26-24-32(55)28-38(42)52(4,5)6/h7-30H,1-6H3. The Bertz CT molecular complexity index is 3190. The van der Waals surface area contributed by atoms with Crippen LogP contribution in [0.2, 0.25) is 0 Å². The summed E-state index contributed by atoms with van der Waals surface area (Å²) in [6.45, 7) is 12.5. The minimum atomic E-state index is -0.389. The van der Waals surface area contributed by atoms with Crippen molar-refractivity contribution in [1.82, 2.24) is 4.57 Å². The molecule has 7 aromatic carbocycles. The van der Waals surface area contributed by atoms with Gasteiger partial charge in [0.25, 0.3) is 6.71 Å². The fourth-order valence-electron chi connectivity index (χ4n) is 9.80. The second-order valence-corrected chi connectivity index (χ2v) is 18.1. The van der Waals surface area contributed by atoms with Crippen LogP contribution in [0.25, 0.3) is 38.5 Å². The topological polar surface area (TPSA) is 24.6 Å². The van der Waals surface area contributed by atoms with Crippen LogP contribution >= 0.6 is 0 Å². The number of fused-ring (bicyclic) bond motifs is 9. The molecule has 2 aromatic heterocycles. The lowest BCUT2D eigenvalue weighted by atomic mass is 9.35. The van der Waals surface area contributed by atoms with Crippen LogP contribution in [0, 0.1) is 11.6 Å². The molecule has 0 amide bonds. The molecule has 4 nitrogen and oxygen atoms in total. The average Bonchev–Trinajstić information content (AvgIpc) is 3.76. The van der Waals surface area contributed by atoms with Gasteiger partial charge < -0.3 is 18.8 Å². The fourth-order valence-corrected chi connectivity index (χ4v) is 9.80. The summed E-state index contributed by atoms with van der Waals surface area (Å²) < 4.78 is 40.1. The Kier molecular flexibility index (Phi) is 7.51. The molecule has 0 unspecified atom stereocenters. The van der Waals surface area contributed by atoms with Crippen molar-refractivity contribution in [2.45, 2.75) is 52.4 Å². The van der Waals surface area contributed by atoms with Crippen molar-refractivity contribution in [2.75, 3.05) is 9.80 Å². The molecule has 2 aliphatic rings. The van der Waals surface area contributed by atoms with Crippen LogP contribution in [-0.4, -0.2) is 11.3 Å². The highest BCUT2D eigenvalue weighted by molar-refractivity contribution is 7.00. The second kappa shape index (κ2) is 12.5. The third-order valence-corrected chi connectivity index (χ3v) is 12.3. The lowest BCUT2D eigenvalue weighted by Gasteiger charge is -2.44. The van der Waals surface area contributed by atoms with Crippen LogP contribution in [0.1, 0.15) is 52.7 Å². The van der Waals surface area contributed by atoms with Gasteiger partial charge >= 0.3 is 0 Å². The highest BCUT2D eigenvalue weighted by Gasteiger charge is 2.48. The van der Waals surface area contributed by atoms with Gasteiger partial charge in [-0.3, -0.25) is 0 Å². The van der Waals surface area contributed by atoms with Crippen molar-refractivity contribution >= 4 is 90.2 Å². The molecule has 0 spiro atoms. The molecule has 9 aromatic rings. The summed E-state index contributed by atoms with van der Waals surface area (Å²) in [5.74, 6) is -0.543. The molecule has 0 N–H and O–H groups in total. The first-order valence-corrected chi connectivity index (χ1v) is 20.4. The van der Waals surface area contributed by atoms with E-state index in [0.717, 1.165) is 100 Å². The van der Waals surface area contributed by atoms with Gasteiger partial charge in [-0.25, -0.2) is 8.78 Å². The molecule has 2 aliphatic heterocycles. The van der Waals surface area contributed by atoms with Crippen molar-refractivity contribution in [1.29, 1.82) is 0 Å². The molecule has 59 heavy (non-hydrogen) atoms. The second-order valence-electron chi connectivity index (χ2n) is 18.1. The summed E-state index contributed by atoms with van der Waals surface area (Å²) in [6.07, 6.45) is 0. The van der Waals surface area contributed by atoms with Gasteiger partial charge in [0.1, 0.15) is 17.2 Å². The summed E-state index contributed by atoms with van der Waals surface area (Å²) >= 11 is 0. The van der Waals surface area contributed by atoms with Gasteiger partial charge in [0.05, 0.1) is 33.8 Å². The van der Waals surface area contributed by atoms with Crippen molar-refractivity contribution in [3.05, 3.63) is 168 Å². The zero-order chi connectivity index (χ0) is 40.5. The predicted molar refractivity (Wildman–Crippen MR) is 242 cm³/mol. The zero-order valence-electron chi connectivity index (χ0n) is 33.9. The average molecular weight is 774 g/mol. The number of benzene rings is 7. The number of para-hydroxylation sites is 3. The number of nitrogens with zero attached hydrogens (tertiary/aromatic N) is 3. The Morgan fingerprint density at radius 1 is 0.492 bits per heavy atom. The van der Waals surface area contributed by atoms with E-state index < -0.39 is 0 Å². The Hall–Kier alpha value is -6.60. The van der Waals surface area contributed by atoms with Gasteiger partial charge in [-0.15, -0.1) is 0 Å². The van der Waals surface area contributed by atoms with E-state index in [9.17, 15) is 0 Å². The normalized spacial score (nSPS) is 13.7. The summed E-state index contributed by atoms with van der Waals surface area (Å²) in [5, 5.41) is 3.27. The van der Waals surface area contributed by atoms with E-state index in [1.54, 1.807) is 24.3 Å². The first-order valence-electron chi connectivity index (χ1n) is 20.4. The lowest BCUT2D eigenvalue weighted by Crippen LogP contribution is -2.61. The Morgan fingerprint density at radius 2 is 1.08 bits per heavy atom. The molecule has 288 valence electrons. The van der Waals surface area contributed by atoms with Crippen molar-refractivity contribution < 1.29 is 13.2 Å². The number of halogens is 2. The number of furan rings is 1. The minimum Gasteiger partial charge on any atom is -0.468 e. The molecule has 11 rings (SSSR count). The molecule has 4 heterocycles. The summed E-state index contributed by atoms with van der Waals surface area (Å²) in [7, 11) is 0. The molecule has 0 atom stereocenters. The molecule has 0 saturated heterocycles. The number of anilines is 6. The van der Waals surface area contributed by atoms with E-state index in [4.69, 9.17) is 4.42 Å². The first kappa shape index (κ1) is 35.6. The van der Waals surface area contributed by atoms with Gasteiger partial charge in [0.2, 0.25) is 0 Å². The van der Waals surface area contributed by atoms with E-state index in [1.165, 1.54) is 0 Å². The van der Waals surface area contributed by atoms with Gasteiger partial charge in [-0.05, 0) is 118 Å². The molecule has 0 aliphatic carbocycles. The Balaban J connectivity index is 1.31. The van der Waals surface area contributed by atoms with Crippen LogP contribution in [0.15, 0.2) is 150 Å². The number of hydrogen-bond donors (Lipinski definition) is 0. The predicted octanol–water partition coefficient (Wildman–Crippen LogP) is 12.5. The first-order chi connectivity index (χ1) is 28.4. The number of aromatic nitrogens is 1. The van der Waals surface area contributed by atoms with E-state index in [2.05, 4.69) is 147 Å². The zero-order valence-corrected chi connectivity index (χ0v) is 33.9. The molecule has 0 bridgehead atoms. The highest BCUT2D eigenvalue weighted by atomic mass is 19.1. The maximum Gasteiger partial charge on any atom is 0.297 e. The van der Waals surface area contributed by atoms with E-state index in [0.29, 0.717) is 0 Å². The number of hydrogen-bond acceptors (Lipinski definition) is 3. The quantitative estimate of drug-likeness (QED) is 0.167. The maximum atomic E-state index is 15.4. The van der Waals surface area contributed by atoms with E-state index in [-0.39, 0.29) is 29.2 Å². The summed E-state index contributed by atoms with van der Waals surface area (Å²) in [6, 6.07) is 48.9. The summed E-state index contributed by atoms with van der Waals surface area (Å²) in [4.78, 5) is 4.65. The van der Waals surface area contributed by atoms with Crippen LogP contribution in [0.5, 0.6) is 0 Å². The molecule has 0 fully saturated rings. The molecule has 7 heteroatoms. The highest BCUT2D eigenvalue weighted by Crippen LogP contribution is 2.50. The van der Waals surface area contributed by atoms with Gasteiger partial charge in [-0.2, -0.15) is 0 Å². The van der Waals surface area contributed by atoms with Crippen molar-refractivity contribution in [3.63, 3.8) is 0 Å². The van der Waals surface area contributed by atoms with Crippen molar-refractivity contribution in [2.24, 2.45) is 0 Å². The van der Waals surface area contributed by atoms with Crippen LogP contribution in [-0.2, 0) is 10.8 Å². The Morgan fingerprint density at radius 3 is 1.76 bits per heavy atom. The van der Waals surface area contributed by atoms with Crippen LogP contribution in [0.4, 0.5) is 42.9 Å². The monoisotopic (exact) mass is 773 g/mol. The van der Waals surface area contributed by atoms with Crippen LogP contribution < -0.4 is 26.4 Å². The molecular weight excluding hydrogens is 731 g/mol. The SMILES string of the molecule is CC(C)(C)c1cc(F)ccc1N1c2cc3c(cc2B2c4oc5ccccc5c4N(c4ccc(F)cc4C(C)(C)C)c4cccc1c42)c1ccccc1n3-c1ccccc1. The van der Waals surface area contributed by atoms with Gasteiger partial charge in [-0.1, -0.05) is 102 Å². The molecular formula is C52H42BF2N3O. The van der Waals surface area contributed by atoms with E-state index in [1.807, 2.05) is 30.3 Å². The third kappa shape index (κ3) is 5.20. The minimum absolute atomic E-state index is 0.271. The van der Waals surface area contributed by atoms with E-state index >= 15 is 8.78 Å². The molecule has 0 radical (unpaired) electrons. The Labute approximate surface area is 343 Å². The van der Waals surface area contributed by atoms with Gasteiger partial charge in [0.15, 0.2) is 0 Å². The number of rotatable bonds is 3. The maximum absolute atomic E-state index is 15.4. The smallest absolute Gasteiger partial charge is 0.297 e. The lowest BCUT2D eigenvalue weighted by molar-refractivity contribution is 0.573. The van der Waals surface area contributed by atoms with Crippen molar-refractivity contribution in [3.8, 4) is 5.69 Å². The molecule has 0 saturated carbocycles. The van der Waals surface area contributed by atoms with Crippen LogP contribution in [0.3, 0.4) is 0 Å².